The van der Waals surface area contributed by atoms with Gasteiger partial charge < -0.3 is 19.5 Å². The number of piperidine rings is 1. The van der Waals surface area contributed by atoms with E-state index in [9.17, 15) is 4.79 Å². The summed E-state index contributed by atoms with van der Waals surface area (Å²) >= 11 is 0. The zero-order chi connectivity index (χ0) is 21.6. The molecule has 1 unspecified atom stereocenters. The number of hydrogen-bond donors (Lipinski definition) is 1. The zero-order valence-corrected chi connectivity index (χ0v) is 18.0. The van der Waals surface area contributed by atoms with E-state index in [1.54, 1.807) is 7.11 Å². The quantitative estimate of drug-likeness (QED) is 0.799. The monoisotopic (exact) mass is 418 g/mol. The van der Waals surface area contributed by atoms with Crippen LogP contribution in [0.5, 0.6) is 17.2 Å². The highest BCUT2D eigenvalue weighted by Gasteiger charge is 2.33. The van der Waals surface area contributed by atoms with Crippen LogP contribution in [0.3, 0.4) is 0 Å². The van der Waals surface area contributed by atoms with E-state index in [1.807, 2.05) is 30.3 Å². The van der Waals surface area contributed by atoms with Crippen molar-refractivity contribution in [2.75, 3.05) is 13.7 Å². The molecular formula is C25H26N2O4. The van der Waals surface area contributed by atoms with Gasteiger partial charge >= 0.3 is 0 Å². The van der Waals surface area contributed by atoms with E-state index in [-0.39, 0.29) is 17.4 Å². The fourth-order valence-corrected chi connectivity index (χ4v) is 4.59. The molecule has 1 saturated heterocycles. The molecule has 5 rings (SSSR count). The van der Waals surface area contributed by atoms with Crippen LogP contribution < -0.4 is 19.5 Å². The van der Waals surface area contributed by atoms with Gasteiger partial charge in [0.25, 0.3) is 0 Å². The Balaban J connectivity index is 1.37. The summed E-state index contributed by atoms with van der Waals surface area (Å²) in [5.74, 6) is 2.90. The number of hydrogen-bond acceptors (Lipinski definition) is 5. The van der Waals surface area contributed by atoms with Gasteiger partial charge in [-0.1, -0.05) is 30.3 Å². The maximum Gasteiger partial charge on any atom is 0.226 e. The number of carbonyl (C=O) groups is 1. The molecule has 1 N–H and O–H groups in total. The molecule has 0 aliphatic carbocycles. The number of rotatable bonds is 5. The number of amides is 1. The number of nitrogens with one attached hydrogen (secondary N) is 1. The largest absolute Gasteiger partial charge is 0.493 e. The normalized spacial score (nSPS) is 20.7. The van der Waals surface area contributed by atoms with E-state index in [0.717, 1.165) is 28.9 Å². The van der Waals surface area contributed by atoms with Crippen molar-refractivity contribution in [2.24, 2.45) is 4.99 Å². The van der Waals surface area contributed by atoms with Crippen molar-refractivity contribution in [3.63, 3.8) is 0 Å². The third-order valence-electron chi connectivity index (χ3n) is 6.00. The number of nitrogens with zero attached hydrogens (tertiary/aromatic N) is 1. The zero-order valence-electron chi connectivity index (χ0n) is 18.0. The second kappa shape index (κ2) is 7.45. The van der Waals surface area contributed by atoms with Crippen molar-refractivity contribution in [3.8, 4) is 17.2 Å². The molecule has 2 aromatic rings. The number of carbonyl (C=O) groups excluding carboxylic acids is 1. The lowest BCUT2D eigenvalue weighted by molar-refractivity contribution is -0.120. The standard InChI is InChI=1S/C25H26N2O4/c1-25(2)13-16-5-4-6-17(23(16)31-25)14-30-20-8-7-15(11-21(20)29-3)19-12-22(28)27-24-18(19)9-10-26-24/h4-9,11,19H,10,12-14H2,1-3H3,(H,26,27,28). The van der Waals surface area contributed by atoms with Crippen molar-refractivity contribution >= 4 is 11.7 Å². The van der Waals surface area contributed by atoms with Crippen molar-refractivity contribution in [2.45, 2.75) is 44.8 Å². The number of benzene rings is 2. The predicted molar refractivity (Wildman–Crippen MR) is 118 cm³/mol. The average molecular weight is 418 g/mol. The minimum Gasteiger partial charge on any atom is -0.493 e. The number of fused-ring (bicyclic) bond motifs is 2. The molecule has 160 valence electrons. The summed E-state index contributed by atoms with van der Waals surface area (Å²) in [4.78, 5) is 16.5. The summed E-state index contributed by atoms with van der Waals surface area (Å²) in [6, 6.07) is 12.1. The molecule has 3 heterocycles. The van der Waals surface area contributed by atoms with E-state index in [0.29, 0.717) is 36.9 Å². The lowest BCUT2D eigenvalue weighted by atomic mass is 9.85. The van der Waals surface area contributed by atoms with E-state index >= 15 is 0 Å². The summed E-state index contributed by atoms with van der Waals surface area (Å²) in [5.41, 5.74) is 4.14. The molecule has 3 aliphatic heterocycles. The van der Waals surface area contributed by atoms with Gasteiger partial charge in [-0.15, -0.1) is 0 Å². The van der Waals surface area contributed by atoms with Crippen LogP contribution in [-0.4, -0.2) is 31.0 Å². The van der Waals surface area contributed by atoms with Gasteiger partial charge in [0.15, 0.2) is 11.5 Å². The minimum absolute atomic E-state index is 0.0112. The van der Waals surface area contributed by atoms with Crippen LogP contribution >= 0.6 is 0 Å². The van der Waals surface area contributed by atoms with Gasteiger partial charge in [0.2, 0.25) is 5.91 Å². The Kier molecular flexibility index (Phi) is 4.73. The lowest BCUT2D eigenvalue weighted by Crippen LogP contribution is -2.38. The van der Waals surface area contributed by atoms with Crippen LogP contribution in [0.25, 0.3) is 0 Å². The van der Waals surface area contributed by atoms with Crippen LogP contribution in [0.1, 0.15) is 42.9 Å². The Bertz CT molecular complexity index is 1120. The average Bonchev–Trinajstić information content (AvgIpc) is 3.34. The highest BCUT2D eigenvalue weighted by molar-refractivity contribution is 6.12. The predicted octanol–water partition coefficient (Wildman–Crippen LogP) is 3.93. The van der Waals surface area contributed by atoms with E-state index in [4.69, 9.17) is 14.2 Å². The number of methoxy groups -OCH3 is 1. The molecule has 3 aliphatic rings. The molecule has 31 heavy (non-hydrogen) atoms. The third kappa shape index (κ3) is 3.67. The smallest absolute Gasteiger partial charge is 0.226 e. The minimum atomic E-state index is -0.193. The second-order valence-electron chi connectivity index (χ2n) is 8.80. The molecule has 1 amide bonds. The lowest BCUT2D eigenvalue weighted by Gasteiger charge is -2.26. The first-order chi connectivity index (χ1) is 14.9. The molecule has 6 heteroatoms. The number of aliphatic imine (C=N–C) groups is 1. The molecule has 0 saturated carbocycles. The van der Waals surface area contributed by atoms with Gasteiger partial charge in [0.05, 0.1) is 13.7 Å². The topological polar surface area (TPSA) is 69.2 Å². The molecule has 0 aromatic heterocycles. The van der Waals surface area contributed by atoms with Gasteiger partial charge in [-0.05, 0) is 37.1 Å². The number of amidine groups is 1. The van der Waals surface area contributed by atoms with Crippen LogP contribution in [-0.2, 0) is 17.8 Å². The van der Waals surface area contributed by atoms with E-state index < -0.39 is 0 Å². The summed E-state index contributed by atoms with van der Waals surface area (Å²) in [6.45, 7) is 5.20. The fourth-order valence-electron chi connectivity index (χ4n) is 4.59. The van der Waals surface area contributed by atoms with Gasteiger partial charge in [0.1, 0.15) is 23.8 Å². The first kappa shape index (κ1) is 19.7. The maximum absolute atomic E-state index is 12.1. The number of para-hydroxylation sites is 1. The van der Waals surface area contributed by atoms with Gasteiger partial charge in [-0.3, -0.25) is 9.79 Å². The van der Waals surface area contributed by atoms with Crippen LogP contribution in [0, 0.1) is 0 Å². The molecule has 2 aromatic carbocycles. The summed E-state index contributed by atoms with van der Waals surface area (Å²) in [6.07, 6.45) is 3.37. The molecule has 0 spiro atoms. The summed E-state index contributed by atoms with van der Waals surface area (Å²) in [7, 11) is 1.63. The molecule has 6 nitrogen and oxygen atoms in total. The van der Waals surface area contributed by atoms with Crippen molar-refractivity contribution in [3.05, 3.63) is 64.7 Å². The van der Waals surface area contributed by atoms with Crippen LogP contribution in [0.4, 0.5) is 0 Å². The van der Waals surface area contributed by atoms with Gasteiger partial charge in [-0.2, -0.15) is 0 Å². The first-order valence-electron chi connectivity index (χ1n) is 10.6. The molecular weight excluding hydrogens is 392 g/mol. The molecule has 1 fully saturated rings. The SMILES string of the molecule is COc1cc(C2CC(=O)NC3=NCC=C32)ccc1OCc1cccc2c1OC(C)(C)C2. The van der Waals surface area contributed by atoms with Crippen LogP contribution in [0.15, 0.2) is 53.0 Å². The molecule has 0 radical (unpaired) electrons. The Labute approximate surface area is 181 Å². The molecule has 1 atom stereocenters. The molecule has 0 bridgehead atoms. The Morgan fingerprint density at radius 2 is 2.10 bits per heavy atom. The Morgan fingerprint density at radius 3 is 2.94 bits per heavy atom. The summed E-state index contributed by atoms with van der Waals surface area (Å²) < 4.78 is 17.9. The fraction of sp³-hybridized carbons (Fsp3) is 0.360. The maximum atomic E-state index is 12.1. The highest BCUT2D eigenvalue weighted by atomic mass is 16.5. The van der Waals surface area contributed by atoms with E-state index in [1.165, 1.54) is 5.56 Å². The Hall–Kier alpha value is -3.28. The first-order valence-corrected chi connectivity index (χ1v) is 10.6. The third-order valence-corrected chi connectivity index (χ3v) is 6.00. The van der Waals surface area contributed by atoms with Gasteiger partial charge in [0, 0.05) is 29.9 Å². The van der Waals surface area contributed by atoms with E-state index in [2.05, 4.69) is 36.3 Å². The summed E-state index contributed by atoms with van der Waals surface area (Å²) in [5, 5.41) is 2.86. The number of ether oxygens (including phenoxy) is 3. The second-order valence-corrected chi connectivity index (χ2v) is 8.80. The van der Waals surface area contributed by atoms with Crippen molar-refractivity contribution in [1.29, 1.82) is 0 Å². The van der Waals surface area contributed by atoms with Crippen LogP contribution in [0.2, 0.25) is 0 Å². The Morgan fingerprint density at radius 1 is 1.23 bits per heavy atom. The van der Waals surface area contributed by atoms with Crippen molar-refractivity contribution in [1.82, 2.24) is 5.32 Å². The van der Waals surface area contributed by atoms with Crippen molar-refractivity contribution < 1.29 is 19.0 Å². The highest BCUT2D eigenvalue weighted by Crippen LogP contribution is 2.40. The van der Waals surface area contributed by atoms with Gasteiger partial charge in [-0.25, -0.2) is 0 Å².